The fourth-order valence-electron chi connectivity index (χ4n) is 3.48. The molecule has 0 aromatic heterocycles. The van der Waals surface area contributed by atoms with Crippen LogP contribution in [-0.2, 0) is 14.4 Å². The summed E-state index contributed by atoms with van der Waals surface area (Å²) < 4.78 is 5.70. The lowest BCUT2D eigenvalue weighted by molar-refractivity contribution is -0.141. The Balaban J connectivity index is 1.75. The summed E-state index contributed by atoms with van der Waals surface area (Å²) in [6.07, 6.45) is 0. The minimum absolute atomic E-state index is 0.0125. The van der Waals surface area contributed by atoms with E-state index < -0.39 is 0 Å². The molecule has 8 nitrogen and oxygen atoms in total. The van der Waals surface area contributed by atoms with E-state index in [9.17, 15) is 14.4 Å². The second-order valence-corrected chi connectivity index (χ2v) is 9.21. The molecule has 0 unspecified atom stereocenters. The molecule has 2 rings (SSSR count). The monoisotopic (exact) mass is 432 g/mol. The molecule has 0 radical (unpaired) electrons. The average Bonchev–Trinajstić information content (AvgIpc) is 2.66. The van der Waals surface area contributed by atoms with Crippen LogP contribution in [0.1, 0.15) is 31.9 Å². The lowest BCUT2D eigenvalue weighted by atomic mass is 10.1. The van der Waals surface area contributed by atoms with Crippen molar-refractivity contribution < 1.29 is 19.1 Å². The number of carbonyl (C=O) groups excluding carboxylic acids is 3. The highest BCUT2D eigenvalue weighted by atomic mass is 16.5. The lowest BCUT2D eigenvalue weighted by Gasteiger charge is -2.35. The SMILES string of the molecule is Cc1cccc(C)c1OCC(=O)N(C)CC(=O)N1CCN(CC(=O)NC(C)(C)C)CC1. The van der Waals surface area contributed by atoms with E-state index in [1.807, 2.05) is 57.7 Å². The molecule has 31 heavy (non-hydrogen) atoms. The van der Waals surface area contributed by atoms with Crippen molar-refractivity contribution in [3.05, 3.63) is 29.3 Å². The third-order valence-electron chi connectivity index (χ3n) is 5.15. The van der Waals surface area contributed by atoms with Gasteiger partial charge >= 0.3 is 0 Å². The Hall–Kier alpha value is -2.61. The molecule has 8 heteroatoms. The van der Waals surface area contributed by atoms with E-state index in [4.69, 9.17) is 4.74 Å². The first kappa shape index (κ1) is 24.7. The minimum atomic E-state index is -0.256. The van der Waals surface area contributed by atoms with Crippen LogP contribution in [0, 0.1) is 13.8 Å². The van der Waals surface area contributed by atoms with Crippen molar-refractivity contribution in [2.75, 3.05) is 52.9 Å². The molecule has 1 N–H and O–H groups in total. The molecule has 0 aliphatic carbocycles. The zero-order valence-electron chi connectivity index (χ0n) is 19.7. The van der Waals surface area contributed by atoms with Gasteiger partial charge in [-0.2, -0.15) is 0 Å². The maximum atomic E-state index is 12.6. The molecule has 0 atom stereocenters. The third-order valence-corrected chi connectivity index (χ3v) is 5.15. The summed E-state index contributed by atoms with van der Waals surface area (Å²) in [5.41, 5.74) is 1.69. The normalized spacial score (nSPS) is 14.8. The van der Waals surface area contributed by atoms with Gasteiger partial charge in [0.1, 0.15) is 5.75 Å². The fraction of sp³-hybridized carbons (Fsp3) is 0.609. The van der Waals surface area contributed by atoms with Crippen LogP contribution in [0.2, 0.25) is 0 Å². The van der Waals surface area contributed by atoms with E-state index in [2.05, 4.69) is 5.32 Å². The molecule has 0 spiro atoms. The first-order valence-electron chi connectivity index (χ1n) is 10.7. The minimum Gasteiger partial charge on any atom is -0.483 e. The first-order valence-corrected chi connectivity index (χ1v) is 10.7. The van der Waals surface area contributed by atoms with Gasteiger partial charge in [0.2, 0.25) is 11.8 Å². The summed E-state index contributed by atoms with van der Waals surface area (Å²) >= 11 is 0. The van der Waals surface area contributed by atoms with Crippen LogP contribution in [0.3, 0.4) is 0 Å². The van der Waals surface area contributed by atoms with Crippen molar-refractivity contribution in [1.29, 1.82) is 0 Å². The van der Waals surface area contributed by atoms with Gasteiger partial charge < -0.3 is 19.9 Å². The van der Waals surface area contributed by atoms with Gasteiger partial charge in [0, 0.05) is 38.8 Å². The highest BCUT2D eigenvalue weighted by Gasteiger charge is 2.25. The third kappa shape index (κ3) is 7.86. The van der Waals surface area contributed by atoms with E-state index in [1.54, 1.807) is 11.9 Å². The number of hydrogen-bond donors (Lipinski definition) is 1. The summed E-state index contributed by atoms with van der Waals surface area (Å²) in [4.78, 5) is 42.3. The maximum Gasteiger partial charge on any atom is 0.260 e. The molecule has 0 bridgehead atoms. The predicted octanol–water partition coefficient (Wildman–Crippen LogP) is 1.20. The Morgan fingerprint density at radius 2 is 1.65 bits per heavy atom. The quantitative estimate of drug-likeness (QED) is 0.700. The summed E-state index contributed by atoms with van der Waals surface area (Å²) in [7, 11) is 1.61. The largest absolute Gasteiger partial charge is 0.483 e. The Morgan fingerprint density at radius 3 is 2.19 bits per heavy atom. The van der Waals surface area contributed by atoms with Crippen LogP contribution in [0.5, 0.6) is 5.75 Å². The number of para-hydroxylation sites is 1. The van der Waals surface area contributed by atoms with E-state index in [0.717, 1.165) is 11.1 Å². The van der Waals surface area contributed by atoms with Crippen molar-refractivity contribution >= 4 is 17.7 Å². The number of hydrogen-bond acceptors (Lipinski definition) is 5. The predicted molar refractivity (Wildman–Crippen MR) is 120 cm³/mol. The number of ether oxygens (including phenoxy) is 1. The Kier molecular flexibility index (Phi) is 8.44. The molecule has 1 aliphatic rings. The van der Waals surface area contributed by atoms with Crippen molar-refractivity contribution in [3.8, 4) is 5.75 Å². The molecule has 1 aromatic carbocycles. The van der Waals surface area contributed by atoms with E-state index in [-0.39, 0.29) is 36.4 Å². The Labute approximate surface area is 185 Å². The molecular formula is C23H36N4O4. The Bertz CT molecular complexity index is 775. The molecule has 1 aromatic rings. The number of benzene rings is 1. The zero-order valence-corrected chi connectivity index (χ0v) is 19.7. The van der Waals surface area contributed by atoms with Crippen LogP contribution >= 0.6 is 0 Å². The van der Waals surface area contributed by atoms with E-state index in [0.29, 0.717) is 38.5 Å². The molecule has 0 saturated carbocycles. The highest BCUT2D eigenvalue weighted by molar-refractivity contribution is 5.85. The van der Waals surface area contributed by atoms with Gasteiger partial charge in [-0.05, 0) is 45.7 Å². The van der Waals surface area contributed by atoms with Gasteiger partial charge in [-0.3, -0.25) is 19.3 Å². The van der Waals surface area contributed by atoms with Gasteiger partial charge in [0.25, 0.3) is 5.91 Å². The number of likely N-dealkylation sites (N-methyl/N-ethyl adjacent to an activating group) is 1. The second kappa shape index (κ2) is 10.6. The molecule has 3 amide bonds. The van der Waals surface area contributed by atoms with Crippen molar-refractivity contribution in [2.45, 2.75) is 40.2 Å². The molecule has 1 fully saturated rings. The number of piperazine rings is 1. The van der Waals surface area contributed by atoms with Crippen molar-refractivity contribution in [2.24, 2.45) is 0 Å². The molecule has 1 saturated heterocycles. The van der Waals surface area contributed by atoms with Gasteiger partial charge in [0.05, 0.1) is 13.1 Å². The van der Waals surface area contributed by atoms with Crippen LogP contribution in [-0.4, -0.2) is 90.9 Å². The van der Waals surface area contributed by atoms with Gasteiger partial charge in [-0.25, -0.2) is 0 Å². The summed E-state index contributed by atoms with van der Waals surface area (Å²) in [5.74, 6) is 0.360. The van der Waals surface area contributed by atoms with Crippen LogP contribution in [0.25, 0.3) is 0 Å². The summed E-state index contributed by atoms with van der Waals surface area (Å²) in [5, 5.41) is 2.95. The van der Waals surface area contributed by atoms with E-state index >= 15 is 0 Å². The fourth-order valence-corrected chi connectivity index (χ4v) is 3.48. The summed E-state index contributed by atoms with van der Waals surface area (Å²) in [6.45, 7) is 12.3. The number of amides is 3. The zero-order chi connectivity index (χ0) is 23.2. The number of nitrogens with zero attached hydrogens (tertiary/aromatic N) is 3. The Morgan fingerprint density at radius 1 is 1.06 bits per heavy atom. The van der Waals surface area contributed by atoms with Gasteiger partial charge in [-0.1, -0.05) is 18.2 Å². The highest BCUT2D eigenvalue weighted by Crippen LogP contribution is 2.22. The average molecular weight is 433 g/mol. The lowest BCUT2D eigenvalue weighted by Crippen LogP contribution is -2.54. The molecule has 1 aliphatic heterocycles. The number of carbonyl (C=O) groups is 3. The smallest absolute Gasteiger partial charge is 0.260 e. The second-order valence-electron chi connectivity index (χ2n) is 9.21. The standard InChI is InChI=1S/C23H36N4O4/c1-17-8-7-9-18(2)22(17)31-16-21(30)25(6)15-20(29)27-12-10-26(11-13-27)14-19(28)24-23(3,4)5/h7-9H,10-16H2,1-6H3,(H,24,28). The molecule has 172 valence electrons. The van der Waals surface area contributed by atoms with Crippen LogP contribution in [0.4, 0.5) is 0 Å². The molecular weight excluding hydrogens is 396 g/mol. The first-order chi connectivity index (χ1) is 14.5. The van der Waals surface area contributed by atoms with E-state index in [1.165, 1.54) is 4.90 Å². The maximum absolute atomic E-state index is 12.6. The van der Waals surface area contributed by atoms with Crippen molar-refractivity contribution in [3.63, 3.8) is 0 Å². The number of rotatable bonds is 7. The number of aryl methyl sites for hydroxylation is 2. The topological polar surface area (TPSA) is 82.2 Å². The van der Waals surface area contributed by atoms with Gasteiger partial charge in [0.15, 0.2) is 6.61 Å². The number of nitrogens with one attached hydrogen (secondary N) is 1. The van der Waals surface area contributed by atoms with Gasteiger partial charge in [-0.15, -0.1) is 0 Å². The summed E-state index contributed by atoms with van der Waals surface area (Å²) in [6, 6.07) is 5.82. The van der Waals surface area contributed by atoms with Crippen LogP contribution < -0.4 is 10.1 Å². The van der Waals surface area contributed by atoms with Crippen molar-refractivity contribution in [1.82, 2.24) is 20.0 Å². The molecule has 1 heterocycles. The van der Waals surface area contributed by atoms with Crippen LogP contribution in [0.15, 0.2) is 18.2 Å².